The van der Waals surface area contributed by atoms with Gasteiger partial charge in [-0.25, -0.2) is 4.79 Å². The summed E-state index contributed by atoms with van der Waals surface area (Å²) in [5.41, 5.74) is 6.95. The van der Waals surface area contributed by atoms with E-state index in [1.54, 1.807) is 0 Å². The Hall–Kier alpha value is -1.30. The molecule has 10 heteroatoms. The van der Waals surface area contributed by atoms with Crippen molar-refractivity contribution in [3.05, 3.63) is 0 Å². The number of amides is 1. The van der Waals surface area contributed by atoms with E-state index in [4.69, 9.17) is 5.73 Å². The van der Waals surface area contributed by atoms with Crippen LogP contribution < -0.4 is 27.0 Å². The summed E-state index contributed by atoms with van der Waals surface area (Å²) in [4.78, 5) is 22.4. The lowest BCUT2D eigenvalue weighted by atomic mass is 10.2. The van der Waals surface area contributed by atoms with E-state index in [0.29, 0.717) is 26.2 Å². The predicted octanol–water partition coefficient (Wildman–Crippen LogP) is -3.95. The van der Waals surface area contributed by atoms with Gasteiger partial charge in [-0.3, -0.25) is 10.5 Å². The third-order valence-electron chi connectivity index (χ3n) is 2.87. The Morgan fingerprint density at radius 1 is 0.913 bits per heavy atom. The van der Waals surface area contributed by atoms with Crippen molar-refractivity contribution in [2.75, 3.05) is 59.5 Å². The van der Waals surface area contributed by atoms with E-state index < -0.39 is 24.1 Å². The van der Waals surface area contributed by atoms with Crippen LogP contribution in [0.15, 0.2) is 0 Å². The number of carbonyl (C=O) groups excluding carboxylic acids is 2. The molecule has 0 aromatic carbocycles. The Labute approximate surface area is 136 Å². The van der Waals surface area contributed by atoms with Gasteiger partial charge in [0, 0.05) is 52.4 Å². The van der Waals surface area contributed by atoms with Crippen LogP contribution in [0.3, 0.4) is 0 Å². The molecule has 1 amide bonds. The molecular weight excluding hydrogens is 306 g/mol. The molecule has 0 bridgehead atoms. The highest BCUT2D eigenvalue weighted by atomic mass is 16.5. The van der Waals surface area contributed by atoms with Crippen molar-refractivity contribution < 1.29 is 24.5 Å². The first-order chi connectivity index (χ1) is 11.0. The van der Waals surface area contributed by atoms with Gasteiger partial charge in [-0.05, 0) is 0 Å². The van der Waals surface area contributed by atoms with Crippen molar-refractivity contribution >= 4 is 11.9 Å². The second kappa shape index (κ2) is 14.3. The van der Waals surface area contributed by atoms with Crippen LogP contribution in [0.4, 0.5) is 0 Å². The maximum Gasteiger partial charge on any atom is 0.338 e. The summed E-state index contributed by atoms with van der Waals surface area (Å²) in [6.07, 6.45) is -3.74. The van der Waals surface area contributed by atoms with Crippen LogP contribution in [0.1, 0.15) is 0 Å². The number of hydrogen-bond donors (Lipinski definition) is 6. The van der Waals surface area contributed by atoms with Gasteiger partial charge in [0.25, 0.3) is 5.91 Å². The van der Waals surface area contributed by atoms with Crippen LogP contribution in [0, 0.1) is 0 Å². The molecule has 1 radical (unpaired) electrons. The maximum atomic E-state index is 11.5. The molecule has 135 valence electrons. The normalized spacial score (nSPS) is 13.4. The fourth-order valence-corrected chi connectivity index (χ4v) is 1.59. The number of carbonyl (C=O) groups is 2. The van der Waals surface area contributed by atoms with E-state index in [0.717, 1.165) is 26.7 Å². The Morgan fingerprint density at radius 2 is 1.39 bits per heavy atom. The van der Waals surface area contributed by atoms with Crippen LogP contribution in [-0.2, 0) is 14.3 Å². The van der Waals surface area contributed by atoms with Gasteiger partial charge in [-0.1, -0.05) is 0 Å². The minimum absolute atomic E-state index is 0.259. The third kappa shape index (κ3) is 11.0. The van der Waals surface area contributed by atoms with Crippen molar-refractivity contribution in [3.8, 4) is 0 Å². The first kappa shape index (κ1) is 21.7. The molecule has 0 aliphatic heterocycles. The molecular formula is C13H28N5O5. The molecule has 2 unspecified atom stereocenters. The van der Waals surface area contributed by atoms with Crippen molar-refractivity contribution in [2.24, 2.45) is 0 Å². The summed E-state index contributed by atoms with van der Waals surface area (Å²) in [6.45, 7) is 4.92. The SMILES string of the molecule is COC(=O)C(O)C(O)C(=O)NCCNCCNCCNCC[NH]. The quantitative estimate of drug-likeness (QED) is 0.139. The molecule has 10 nitrogen and oxygen atoms in total. The smallest absolute Gasteiger partial charge is 0.338 e. The fraction of sp³-hybridized carbons (Fsp3) is 0.846. The van der Waals surface area contributed by atoms with Crippen LogP contribution in [0.5, 0.6) is 0 Å². The zero-order chi connectivity index (χ0) is 17.5. The highest BCUT2D eigenvalue weighted by molar-refractivity contribution is 5.88. The lowest BCUT2D eigenvalue weighted by Crippen LogP contribution is -2.47. The minimum Gasteiger partial charge on any atom is -0.467 e. The largest absolute Gasteiger partial charge is 0.467 e. The first-order valence-electron chi connectivity index (χ1n) is 7.53. The second-order valence-corrected chi connectivity index (χ2v) is 4.70. The average molecular weight is 334 g/mol. The van der Waals surface area contributed by atoms with E-state index in [1.807, 2.05) is 0 Å². The summed E-state index contributed by atoms with van der Waals surface area (Å²) in [5, 5.41) is 30.5. The van der Waals surface area contributed by atoms with Crippen LogP contribution in [0.2, 0.25) is 0 Å². The van der Waals surface area contributed by atoms with Gasteiger partial charge in [0.15, 0.2) is 12.2 Å². The molecule has 0 aliphatic carbocycles. The predicted molar refractivity (Wildman–Crippen MR) is 83.6 cm³/mol. The monoisotopic (exact) mass is 334 g/mol. The number of methoxy groups -OCH3 is 1. The van der Waals surface area contributed by atoms with Gasteiger partial charge in [0.05, 0.1) is 7.11 Å². The van der Waals surface area contributed by atoms with Crippen LogP contribution >= 0.6 is 0 Å². The summed E-state index contributed by atoms with van der Waals surface area (Å²) in [5.74, 6) is -1.89. The maximum absolute atomic E-state index is 11.5. The van der Waals surface area contributed by atoms with Crippen molar-refractivity contribution in [2.45, 2.75) is 12.2 Å². The standard InChI is InChI=1S/C13H28N5O5/c1-23-13(22)11(20)10(19)12(21)18-9-8-17-7-6-16-5-4-15-3-2-14/h10-11,14-17,19-20H,2-9H2,1H3,(H,18,21). The number of ether oxygens (including phenoxy) is 1. The molecule has 0 rings (SSSR count). The van der Waals surface area contributed by atoms with E-state index in [2.05, 4.69) is 26.0 Å². The highest BCUT2D eigenvalue weighted by Gasteiger charge is 2.30. The first-order valence-corrected chi connectivity index (χ1v) is 7.53. The molecule has 0 aliphatic rings. The molecule has 0 saturated carbocycles. The average Bonchev–Trinajstić information content (AvgIpc) is 2.57. The molecule has 0 spiro atoms. The van der Waals surface area contributed by atoms with E-state index in [9.17, 15) is 19.8 Å². The van der Waals surface area contributed by atoms with Crippen LogP contribution in [-0.4, -0.2) is 93.8 Å². The Kier molecular flexibility index (Phi) is 13.5. The van der Waals surface area contributed by atoms with Crippen molar-refractivity contribution in [3.63, 3.8) is 0 Å². The van der Waals surface area contributed by atoms with Gasteiger partial charge in [-0.15, -0.1) is 0 Å². The van der Waals surface area contributed by atoms with Gasteiger partial charge < -0.3 is 36.2 Å². The van der Waals surface area contributed by atoms with E-state index in [-0.39, 0.29) is 6.54 Å². The Balaban J connectivity index is 3.50. The van der Waals surface area contributed by atoms with Gasteiger partial charge >= 0.3 is 5.97 Å². The molecule has 0 aromatic heterocycles. The fourth-order valence-electron chi connectivity index (χ4n) is 1.59. The minimum atomic E-state index is -1.89. The summed E-state index contributed by atoms with van der Waals surface area (Å²) < 4.78 is 4.23. The molecule has 0 heterocycles. The number of hydrogen-bond acceptors (Lipinski definition) is 8. The second-order valence-electron chi connectivity index (χ2n) is 4.70. The number of esters is 1. The molecule has 7 N–H and O–H groups in total. The number of nitrogens with one attached hydrogen (secondary N) is 5. The third-order valence-corrected chi connectivity index (χ3v) is 2.87. The van der Waals surface area contributed by atoms with Crippen molar-refractivity contribution in [1.29, 1.82) is 0 Å². The number of aliphatic hydroxyl groups excluding tert-OH is 2. The van der Waals surface area contributed by atoms with Gasteiger partial charge in [0.1, 0.15) is 0 Å². The lowest BCUT2D eigenvalue weighted by molar-refractivity contribution is -0.161. The van der Waals surface area contributed by atoms with Gasteiger partial charge in [-0.2, -0.15) is 0 Å². The Morgan fingerprint density at radius 3 is 1.87 bits per heavy atom. The molecule has 23 heavy (non-hydrogen) atoms. The number of aliphatic hydroxyl groups is 2. The number of rotatable bonds is 14. The van der Waals surface area contributed by atoms with E-state index >= 15 is 0 Å². The van der Waals surface area contributed by atoms with Gasteiger partial charge in [0.2, 0.25) is 0 Å². The topological polar surface area (TPSA) is 156 Å². The molecule has 0 saturated heterocycles. The summed E-state index contributed by atoms with van der Waals surface area (Å²) >= 11 is 0. The van der Waals surface area contributed by atoms with Crippen molar-refractivity contribution in [1.82, 2.24) is 27.0 Å². The zero-order valence-electron chi connectivity index (χ0n) is 13.4. The molecule has 0 fully saturated rings. The molecule has 0 aromatic rings. The Bertz CT molecular complexity index is 332. The highest BCUT2D eigenvalue weighted by Crippen LogP contribution is 1.96. The summed E-state index contributed by atoms with van der Waals surface area (Å²) in [7, 11) is 1.06. The molecule has 2 atom stereocenters. The van der Waals surface area contributed by atoms with E-state index in [1.165, 1.54) is 0 Å². The summed E-state index contributed by atoms with van der Waals surface area (Å²) in [6, 6.07) is 0. The lowest BCUT2D eigenvalue weighted by Gasteiger charge is -2.15. The zero-order valence-corrected chi connectivity index (χ0v) is 13.4. The van der Waals surface area contributed by atoms with Crippen LogP contribution in [0.25, 0.3) is 0 Å².